The van der Waals surface area contributed by atoms with Crippen LogP contribution in [-0.4, -0.2) is 41.7 Å². The van der Waals surface area contributed by atoms with Crippen LogP contribution in [0.15, 0.2) is 12.1 Å². The summed E-state index contributed by atoms with van der Waals surface area (Å²) < 4.78 is 5.77. The van der Waals surface area contributed by atoms with Gasteiger partial charge in [0.1, 0.15) is 5.82 Å². The maximum Gasteiger partial charge on any atom is 0.311 e. The van der Waals surface area contributed by atoms with Crippen molar-refractivity contribution in [1.82, 2.24) is 4.98 Å². The van der Waals surface area contributed by atoms with Crippen molar-refractivity contribution in [3.63, 3.8) is 0 Å². The Morgan fingerprint density at radius 3 is 2.75 bits per heavy atom. The summed E-state index contributed by atoms with van der Waals surface area (Å²) in [5.41, 5.74) is 0.0629. The molecule has 20 heavy (non-hydrogen) atoms. The monoisotopic (exact) mass is 278 g/mol. The second-order valence-electron chi connectivity index (χ2n) is 5.19. The second-order valence-corrected chi connectivity index (χ2v) is 5.19. The van der Waals surface area contributed by atoms with Crippen LogP contribution in [0.5, 0.6) is 0 Å². The summed E-state index contributed by atoms with van der Waals surface area (Å²) in [5, 5.41) is 14.3. The topological polar surface area (TPSA) is 80.5 Å². The molecular formula is C13H18N4O3. The molecule has 2 unspecified atom stereocenters. The number of hydrogen-bond acceptors (Lipinski definition) is 6. The van der Waals surface area contributed by atoms with Crippen molar-refractivity contribution in [2.75, 3.05) is 29.9 Å². The van der Waals surface area contributed by atoms with Crippen molar-refractivity contribution in [3.05, 3.63) is 22.2 Å². The Morgan fingerprint density at radius 1 is 1.45 bits per heavy atom. The van der Waals surface area contributed by atoms with Crippen LogP contribution < -0.4 is 10.2 Å². The quantitative estimate of drug-likeness (QED) is 0.668. The molecule has 2 saturated heterocycles. The summed E-state index contributed by atoms with van der Waals surface area (Å²) in [4.78, 5) is 17.2. The standard InChI is InChI=1S/C13H18N4O3/c1-2-14-12-6-5-11(17(18)19)13(15-12)16-7-9-3-4-10(8-16)20-9/h5-6,9-10H,2-4,7-8H2,1H3,(H,14,15). The van der Waals surface area contributed by atoms with Gasteiger partial charge in [0.25, 0.3) is 0 Å². The largest absolute Gasteiger partial charge is 0.371 e. The highest BCUT2D eigenvalue weighted by Crippen LogP contribution is 2.34. The fourth-order valence-electron chi connectivity index (χ4n) is 2.88. The van der Waals surface area contributed by atoms with Gasteiger partial charge < -0.3 is 15.0 Å². The van der Waals surface area contributed by atoms with Crippen LogP contribution in [0.4, 0.5) is 17.3 Å². The summed E-state index contributed by atoms with van der Waals surface area (Å²) in [6.45, 7) is 4.07. The normalized spacial score (nSPS) is 24.8. The number of aromatic nitrogens is 1. The first kappa shape index (κ1) is 13.1. The summed E-state index contributed by atoms with van der Waals surface area (Å²) in [7, 11) is 0. The first-order chi connectivity index (χ1) is 9.67. The highest BCUT2D eigenvalue weighted by atomic mass is 16.6. The third kappa shape index (κ3) is 2.40. The molecule has 2 bridgehead atoms. The molecule has 3 rings (SSSR count). The van der Waals surface area contributed by atoms with Crippen molar-refractivity contribution < 1.29 is 9.66 Å². The fraction of sp³-hybridized carbons (Fsp3) is 0.615. The van der Waals surface area contributed by atoms with E-state index in [-0.39, 0.29) is 22.8 Å². The Hall–Kier alpha value is -1.89. The molecule has 0 aliphatic carbocycles. The van der Waals surface area contributed by atoms with E-state index in [2.05, 4.69) is 10.3 Å². The van der Waals surface area contributed by atoms with E-state index >= 15 is 0 Å². The minimum Gasteiger partial charge on any atom is -0.371 e. The molecule has 7 nitrogen and oxygen atoms in total. The van der Waals surface area contributed by atoms with Crippen LogP contribution in [0.1, 0.15) is 19.8 Å². The van der Waals surface area contributed by atoms with Crippen LogP contribution in [-0.2, 0) is 4.74 Å². The predicted octanol–water partition coefficient (Wildman–Crippen LogP) is 1.79. The maximum atomic E-state index is 11.2. The van der Waals surface area contributed by atoms with Gasteiger partial charge in [-0.15, -0.1) is 0 Å². The lowest BCUT2D eigenvalue weighted by Crippen LogP contribution is -2.43. The molecule has 1 aromatic rings. The highest BCUT2D eigenvalue weighted by Gasteiger charge is 2.36. The number of rotatable bonds is 4. The lowest BCUT2D eigenvalue weighted by Gasteiger charge is -2.32. The first-order valence-corrected chi connectivity index (χ1v) is 6.97. The number of nitro groups is 1. The molecule has 0 spiro atoms. The minimum atomic E-state index is -0.366. The molecule has 1 aromatic heterocycles. The van der Waals surface area contributed by atoms with E-state index in [0.717, 1.165) is 19.4 Å². The lowest BCUT2D eigenvalue weighted by molar-refractivity contribution is -0.384. The van der Waals surface area contributed by atoms with E-state index in [9.17, 15) is 10.1 Å². The SMILES string of the molecule is CCNc1ccc([N+](=O)[O-])c(N2CC3CCC(C2)O3)n1. The van der Waals surface area contributed by atoms with Gasteiger partial charge in [-0.2, -0.15) is 0 Å². The van der Waals surface area contributed by atoms with Crippen molar-refractivity contribution in [3.8, 4) is 0 Å². The Balaban J connectivity index is 1.92. The Kier molecular flexibility index (Phi) is 3.43. The van der Waals surface area contributed by atoms with Gasteiger partial charge in [0.05, 0.1) is 17.1 Å². The van der Waals surface area contributed by atoms with Gasteiger partial charge in [-0.05, 0) is 25.8 Å². The molecule has 2 fully saturated rings. The summed E-state index contributed by atoms with van der Waals surface area (Å²) in [6.07, 6.45) is 2.42. The van der Waals surface area contributed by atoms with Crippen molar-refractivity contribution >= 4 is 17.3 Å². The Morgan fingerprint density at radius 2 is 2.15 bits per heavy atom. The fourth-order valence-corrected chi connectivity index (χ4v) is 2.88. The molecule has 0 radical (unpaired) electrons. The summed E-state index contributed by atoms with van der Waals surface area (Å²) in [6, 6.07) is 3.18. The van der Waals surface area contributed by atoms with E-state index in [0.29, 0.717) is 24.7 Å². The number of nitrogens with zero attached hydrogens (tertiary/aromatic N) is 3. The first-order valence-electron chi connectivity index (χ1n) is 6.97. The van der Waals surface area contributed by atoms with Crippen LogP contribution in [0, 0.1) is 10.1 Å². The van der Waals surface area contributed by atoms with Crippen LogP contribution in [0.2, 0.25) is 0 Å². The zero-order valence-corrected chi connectivity index (χ0v) is 11.4. The number of ether oxygens (including phenoxy) is 1. The number of pyridine rings is 1. The number of anilines is 2. The Bertz CT molecular complexity index is 510. The third-order valence-corrected chi connectivity index (χ3v) is 3.75. The van der Waals surface area contributed by atoms with Gasteiger partial charge in [0.2, 0.25) is 5.82 Å². The van der Waals surface area contributed by atoms with Gasteiger partial charge in [-0.3, -0.25) is 10.1 Å². The molecule has 7 heteroatoms. The molecule has 2 aliphatic heterocycles. The molecular weight excluding hydrogens is 260 g/mol. The summed E-state index contributed by atoms with van der Waals surface area (Å²) in [5.74, 6) is 1.13. The van der Waals surface area contributed by atoms with E-state index in [1.165, 1.54) is 6.07 Å². The van der Waals surface area contributed by atoms with E-state index < -0.39 is 0 Å². The average Bonchev–Trinajstić information content (AvgIpc) is 2.77. The molecule has 0 aromatic carbocycles. The number of hydrogen-bond donors (Lipinski definition) is 1. The molecule has 2 atom stereocenters. The molecule has 0 amide bonds. The van der Waals surface area contributed by atoms with Gasteiger partial charge in [0, 0.05) is 25.7 Å². The summed E-state index contributed by atoms with van der Waals surface area (Å²) >= 11 is 0. The molecule has 108 valence electrons. The molecule has 1 N–H and O–H groups in total. The van der Waals surface area contributed by atoms with Crippen molar-refractivity contribution in [1.29, 1.82) is 0 Å². The maximum absolute atomic E-state index is 11.2. The number of fused-ring (bicyclic) bond motifs is 2. The van der Waals surface area contributed by atoms with E-state index in [1.807, 2.05) is 11.8 Å². The molecule has 2 aliphatic rings. The smallest absolute Gasteiger partial charge is 0.311 e. The molecule has 3 heterocycles. The Labute approximate surface area is 117 Å². The van der Waals surface area contributed by atoms with Gasteiger partial charge in [0.15, 0.2) is 0 Å². The highest BCUT2D eigenvalue weighted by molar-refractivity contribution is 5.62. The minimum absolute atomic E-state index is 0.0629. The zero-order chi connectivity index (χ0) is 14.1. The third-order valence-electron chi connectivity index (χ3n) is 3.75. The van der Waals surface area contributed by atoms with Gasteiger partial charge in [-0.1, -0.05) is 0 Å². The van der Waals surface area contributed by atoms with E-state index in [1.54, 1.807) is 6.07 Å². The predicted molar refractivity (Wildman–Crippen MR) is 75.2 cm³/mol. The zero-order valence-electron chi connectivity index (χ0n) is 11.4. The van der Waals surface area contributed by atoms with Gasteiger partial charge >= 0.3 is 5.69 Å². The number of nitrogens with one attached hydrogen (secondary N) is 1. The average molecular weight is 278 g/mol. The van der Waals surface area contributed by atoms with Crippen LogP contribution in [0.25, 0.3) is 0 Å². The van der Waals surface area contributed by atoms with Gasteiger partial charge in [-0.25, -0.2) is 4.98 Å². The van der Waals surface area contributed by atoms with Crippen LogP contribution >= 0.6 is 0 Å². The van der Waals surface area contributed by atoms with Crippen LogP contribution in [0.3, 0.4) is 0 Å². The molecule has 0 saturated carbocycles. The second kappa shape index (κ2) is 5.24. The number of morpholine rings is 1. The van der Waals surface area contributed by atoms with Crippen molar-refractivity contribution in [2.24, 2.45) is 0 Å². The van der Waals surface area contributed by atoms with E-state index in [4.69, 9.17) is 4.74 Å². The lowest BCUT2D eigenvalue weighted by atomic mass is 10.2. The van der Waals surface area contributed by atoms with Crippen molar-refractivity contribution in [2.45, 2.75) is 32.0 Å².